The molecule has 1 unspecified atom stereocenters. The van der Waals surface area contributed by atoms with Crippen LogP contribution in [0.5, 0.6) is 0 Å². The molecule has 0 N–H and O–H groups in total. The van der Waals surface area contributed by atoms with Crippen molar-refractivity contribution in [3.05, 3.63) is 0 Å². The van der Waals surface area contributed by atoms with Crippen LogP contribution in [0.3, 0.4) is 0 Å². The Labute approximate surface area is 91.3 Å². The third-order valence-electron chi connectivity index (χ3n) is 1.89. The molecule has 0 saturated carbocycles. The predicted molar refractivity (Wildman–Crippen MR) is 58.3 cm³/mol. The van der Waals surface area contributed by atoms with Crippen molar-refractivity contribution in [2.45, 2.75) is 33.8 Å². The van der Waals surface area contributed by atoms with Crippen LogP contribution in [0.4, 0.5) is 0 Å². The first-order valence-electron chi connectivity index (χ1n) is 5.41. The maximum absolute atomic E-state index is 5.70. The van der Waals surface area contributed by atoms with Crippen LogP contribution < -0.4 is 0 Å². The fourth-order valence-electron chi connectivity index (χ4n) is 1.53. The van der Waals surface area contributed by atoms with Crippen molar-refractivity contribution in [1.29, 1.82) is 0 Å². The van der Waals surface area contributed by atoms with Crippen LogP contribution in [0.2, 0.25) is 0 Å². The molecule has 5 nitrogen and oxygen atoms in total. The first-order chi connectivity index (χ1) is 7.10. The molecule has 0 spiro atoms. The minimum atomic E-state index is -3.72. The Bertz CT molecular complexity index is 182. The molecule has 0 radical (unpaired) electrons. The predicted octanol–water partition coefficient (Wildman–Crippen LogP) is 2.66. The zero-order valence-corrected chi connectivity index (χ0v) is 10.8. The molecular weight excluding hydrogens is 219 g/mol. The van der Waals surface area contributed by atoms with E-state index in [1.54, 1.807) is 0 Å². The van der Waals surface area contributed by atoms with Gasteiger partial charge in [-0.25, -0.2) is 0 Å². The Morgan fingerprint density at radius 2 is 1.53 bits per heavy atom. The molecule has 0 aromatic carbocycles. The van der Waals surface area contributed by atoms with Crippen LogP contribution in [0.15, 0.2) is 0 Å². The quantitative estimate of drug-likeness (QED) is 0.668. The zero-order chi connectivity index (χ0) is 11.4. The molecule has 1 aliphatic rings. The van der Waals surface area contributed by atoms with Crippen LogP contribution in [-0.4, -0.2) is 32.5 Å². The van der Waals surface area contributed by atoms with Crippen LogP contribution in [0.25, 0.3) is 0 Å². The summed E-state index contributed by atoms with van der Waals surface area (Å²) in [7, 11) is -3.72. The summed E-state index contributed by atoms with van der Waals surface area (Å²) >= 11 is 0. The molecule has 1 rings (SSSR count). The average Bonchev–Trinajstić information content (AvgIpc) is 2.46. The Kier molecular flexibility index (Phi) is 4.47. The summed E-state index contributed by atoms with van der Waals surface area (Å²) in [6.45, 7) is 9.25. The summed E-state index contributed by atoms with van der Waals surface area (Å²) in [5.74, 6) is 0. The topological polar surface area (TPSA) is 46.2 Å². The van der Waals surface area contributed by atoms with E-state index < -0.39 is 7.74 Å². The summed E-state index contributed by atoms with van der Waals surface area (Å²) in [6.07, 6.45) is -0.0627. The third kappa shape index (κ3) is 2.67. The van der Waals surface area contributed by atoms with Gasteiger partial charge in [-0.1, -0.05) is 0 Å². The average molecular weight is 240 g/mol. The van der Waals surface area contributed by atoms with Gasteiger partial charge >= 0.3 is 90.6 Å². The molecule has 6 heteroatoms. The number of rotatable bonds is 6. The van der Waals surface area contributed by atoms with Gasteiger partial charge in [0.15, 0.2) is 0 Å². The van der Waals surface area contributed by atoms with E-state index in [0.717, 1.165) is 0 Å². The first kappa shape index (κ1) is 13.3. The van der Waals surface area contributed by atoms with Crippen LogP contribution in [0.1, 0.15) is 27.7 Å². The fraction of sp³-hybridized carbons (Fsp3) is 1.00. The van der Waals surface area contributed by atoms with Crippen molar-refractivity contribution in [2.75, 3.05) is 26.4 Å². The van der Waals surface area contributed by atoms with Gasteiger partial charge in [0, 0.05) is 0 Å². The SMILES string of the molecule is CCOP1(OCC)(OCC)OCC(C)O1. The molecule has 0 aromatic heterocycles. The van der Waals surface area contributed by atoms with Gasteiger partial charge in [0.1, 0.15) is 0 Å². The van der Waals surface area contributed by atoms with Gasteiger partial charge in [-0.3, -0.25) is 0 Å². The van der Waals surface area contributed by atoms with Crippen LogP contribution >= 0.6 is 7.74 Å². The third-order valence-corrected chi connectivity index (χ3v) is 5.21. The van der Waals surface area contributed by atoms with E-state index in [2.05, 4.69) is 0 Å². The van der Waals surface area contributed by atoms with Crippen molar-refractivity contribution in [2.24, 2.45) is 0 Å². The molecule has 15 heavy (non-hydrogen) atoms. The second kappa shape index (κ2) is 5.04. The first-order valence-corrected chi connectivity index (χ1v) is 7.24. The number of hydrogen-bond donors (Lipinski definition) is 0. The van der Waals surface area contributed by atoms with Gasteiger partial charge in [0.2, 0.25) is 0 Å². The molecule has 0 aromatic rings. The van der Waals surface area contributed by atoms with Crippen molar-refractivity contribution in [3.63, 3.8) is 0 Å². The standard InChI is InChI=1S/C9H21O5P/c1-5-10-15(11-6-2,12-7-3)13-8-9(4)14-15/h9H,5-8H2,1-4H3. The Balaban J connectivity index is 2.88. The van der Waals surface area contributed by atoms with E-state index in [4.69, 9.17) is 22.6 Å². The summed E-state index contributed by atoms with van der Waals surface area (Å²) in [6, 6.07) is 0. The van der Waals surface area contributed by atoms with Crippen molar-refractivity contribution < 1.29 is 22.6 Å². The molecule has 1 fully saturated rings. The molecule has 1 aliphatic heterocycles. The molecule has 1 atom stereocenters. The van der Waals surface area contributed by atoms with Crippen molar-refractivity contribution >= 4 is 7.74 Å². The van der Waals surface area contributed by atoms with Crippen molar-refractivity contribution in [1.82, 2.24) is 0 Å². The van der Waals surface area contributed by atoms with Gasteiger partial charge in [0.25, 0.3) is 0 Å². The molecule has 1 heterocycles. The van der Waals surface area contributed by atoms with Gasteiger partial charge < -0.3 is 0 Å². The second-order valence-electron chi connectivity index (χ2n) is 3.21. The van der Waals surface area contributed by atoms with E-state index in [1.165, 1.54) is 0 Å². The summed E-state index contributed by atoms with van der Waals surface area (Å²) < 4.78 is 28.0. The summed E-state index contributed by atoms with van der Waals surface area (Å²) in [5, 5.41) is 0. The van der Waals surface area contributed by atoms with Gasteiger partial charge in [-0.15, -0.1) is 0 Å². The molecule has 0 bridgehead atoms. The Hall–Kier alpha value is 0.230. The molecule has 92 valence electrons. The van der Waals surface area contributed by atoms with Gasteiger partial charge in [-0.2, -0.15) is 0 Å². The van der Waals surface area contributed by atoms with E-state index in [0.29, 0.717) is 26.4 Å². The zero-order valence-electron chi connectivity index (χ0n) is 9.89. The fourth-order valence-corrected chi connectivity index (χ4v) is 4.59. The van der Waals surface area contributed by atoms with Crippen LogP contribution in [0, 0.1) is 0 Å². The monoisotopic (exact) mass is 240 g/mol. The summed E-state index contributed by atoms with van der Waals surface area (Å²) in [5.41, 5.74) is 0. The van der Waals surface area contributed by atoms with Gasteiger partial charge in [-0.05, 0) is 0 Å². The number of hydrogen-bond acceptors (Lipinski definition) is 5. The minimum absolute atomic E-state index is 0.0627. The molecule has 0 aliphatic carbocycles. The van der Waals surface area contributed by atoms with Crippen LogP contribution in [-0.2, 0) is 22.6 Å². The van der Waals surface area contributed by atoms with Crippen molar-refractivity contribution in [3.8, 4) is 0 Å². The van der Waals surface area contributed by atoms with E-state index in [-0.39, 0.29) is 6.10 Å². The van der Waals surface area contributed by atoms with E-state index in [1.807, 2.05) is 27.7 Å². The Morgan fingerprint density at radius 3 is 1.80 bits per heavy atom. The normalized spacial score (nSPS) is 30.9. The van der Waals surface area contributed by atoms with E-state index >= 15 is 0 Å². The summed E-state index contributed by atoms with van der Waals surface area (Å²) in [4.78, 5) is 0. The maximum atomic E-state index is 5.70. The van der Waals surface area contributed by atoms with Gasteiger partial charge in [0.05, 0.1) is 0 Å². The van der Waals surface area contributed by atoms with E-state index in [9.17, 15) is 0 Å². The molecule has 1 saturated heterocycles. The molecule has 0 amide bonds. The second-order valence-corrected chi connectivity index (χ2v) is 5.94. The Morgan fingerprint density at radius 1 is 1.07 bits per heavy atom. The molecular formula is C9H21O5P.